The summed E-state index contributed by atoms with van der Waals surface area (Å²) in [5.41, 5.74) is 1.39. The van der Waals surface area contributed by atoms with Crippen molar-refractivity contribution in [1.82, 2.24) is 9.55 Å². The van der Waals surface area contributed by atoms with Gasteiger partial charge in [0.2, 0.25) is 0 Å². The Bertz CT molecular complexity index is 798. The maximum atomic E-state index is 13.2. The smallest absolute Gasteiger partial charge is 0.320 e. The molecule has 0 radical (unpaired) electrons. The van der Waals surface area contributed by atoms with Gasteiger partial charge in [-0.25, -0.2) is 4.98 Å². The number of benzene rings is 2. The predicted octanol–water partition coefficient (Wildman–Crippen LogP) is 3.82. The highest BCUT2D eigenvalue weighted by molar-refractivity contribution is 5.76. The number of imidazole rings is 1. The second-order valence-electron chi connectivity index (χ2n) is 4.64. The molecule has 0 N–H and O–H groups in total. The Balaban J connectivity index is 1.86. The molecule has 0 aliphatic rings. The second-order valence-corrected chi connectivity index (χ2v) is 4.64. The minimum Gasteiger partial charge on any atom is -0.486 e. The summed E-state index contributed by atoms with van der Waals surface area (Å²) in [5.74, 6) is 0.633. The van der Waals surface area contributed by atoms with Crippen molar-refractivity contribution in [2.45, 2.75) is 13.2 Å². The number of nitrogens with zero attached hydrogens (tertiary/aromatic N) is 2. The fourth-order valence-corrected chi connectivity index (χ4v) is 2.20. The van der Waals surface area contributed by atoms with Crippen molar-refractivity contribution in [3.8, 4) is 5.75 Å². The summed E-state index contributed by atoms with van der Waals surface area (Å²) in [6, 6.07) is 13.1. The van der Waals surface area contributed by atoms with E-state index in [0.29, 0.717) is 22.3 Å². The third-order valence-electron chi connectivity index (χ3n) is 3.25. The minimum atomic E-state index is -2.69. The van der Waals surface area contributed by atoms with Crippen LogP contribution >= 0.6 is 0 Å². The summed E-state index contributed by atoms with van der Waals surface area (Å²) >= 11 is 0. The summed E-state index contributed by atoms with van der Waals surface area (Å²) in [7, 11) is 0. The van der Waals surface area contributed by atoms with Crippen LogP contribution in [-0.4, -0.2) is 15.8 Å². The first-order valence-electron chi connectivity index (χ1n) is 6.61. The fraction of sp³-hybridized carbons (Fsp3) is 0.125. The summed E-state index contributed by atoms with van der Waals surface area (Å²) < 4.78 is 32.8. The number of fused-ring (bicyclic) bond motifs is 1. The molecule has 3 rings (SSSR count). The van der Waals surface area contributed by atoms with Gasteiger partial charge in [-0.05, 0) is 36.4 Å². The molecule has 0 aliphatic carbocycles. The van der Waals surface area contributed by atoms with E-state index in [9.17, 15) is 13.6 Å². The number of ether oxygens (including phenoxy) is 1. The molecule has 0 saturated carbocycles. The van der Waals surface area contributed by atoms with Gasteiger partial charge in [0.05, 0.1) is 11.0 Å². The maximum Gasteiger partial charge on any atom is 0.320 e. The quantitative estimate of drug-likeness (QED) is 0.673. The highest BCUT2D eigenvalue weighted by atomic mass is 19.3. The number of hydrogen-bond acceptors (Lipinski definition) is 3. The van der Waals surface area contributed by atoms with E-state index in [1.165, 1.54) is 0 Å². The summed E-state index contributed by atoms with van der Waals surface area (Å²) in [6.07, 6.45) is 0.722. The van der Waals surface area contributed by atoms with Gasteiger partial charge in [-0.15, -0.1) is 0 Å². The standard InChI is InChI=1S/C16H12F2N2O2/c17-16(18)20-14-4-2-1-3-13(14)19-15(20)10-22-12-7-5-11(9-21)6-8-12/h1-9,16H,10H2. The van der Waals surface area contributed by atoms with Crippen molar-refractivity contribution in [1.29, 1.82) is 0 Å². The van der Waals surface area contributed by atoms with Crippen LogP contribution in [0.25, 0.3) is 11.0 Å². The average molecular weight is 302 g/mol. The average Bonchev–Trinajstić information content (AvgIpc) is 2.92. The summed E-state index contributed by atoms with van der Waals surface area (Å²) in [4.78, 5) is 14.8. The van der Waals surface area contributed by atoms with Crippen molar-refractivity contribution in [3.05, 3.63) is 59.9 Å². The number of rotatable bonds is 5. The predicted molar refractivity (Wildman–Crippen MR) is 77.1 cm³/mol. The number of aldehydes is 1. The lowest BCUT2D eigenvalue weighted by Crippen LogP contribution is -2.07. The van der Waals surface area contributed by atoms with E-state index in [0.717, 1.165) is 10.9 Å². The molecule has 1 aromatic heterocycles. The first kappa shape index (κ1) is 14.2. The molecular weight excluding hydrogens is 290 g/mol. The number of carbonyl (C=O) groups excluding carboxylic acids is 1. The fourth-order valence-electron chi connectivity index (χ4n) is 2.20. The Morgan fingerprint density at radius 2 is 1.86 bits per heavy atom. The van der Waals surface area contributed by atoms with Crippen LogP contribution in [0.2, 0.25) is 0 Å². The largest absolute Gasteiger partial charge is 0.486 e. The van der Waals surface area contributed by atoms with Gasteiger partial charge >= 0.3 is 6.55 Å². The second kappa shape index (κ2) is 5.93. The van der Waals surface area contributed by atoms with Gasteiger partial charge in [0.25, 0.3) is 0 Å². The number of alkyl halides is 2. The Labute approximate surface area is 125 Å². The van der Waals surface area contributed by atoms with Gasteiger partial charge in [0, 0.05) is 5.56 Å². The van der Waals surface area contributed by atoms with Gasteiger partial charge in [-0.3, -0.25) is 9.36 Å². The highest BCUT2D eigenvalue weighted by Gasteiger charge is 2.17. The lowest BCUT2D eigenvalue weighted by molar-refractivity contribution is 0.0677. The molecule has 1 heterocycles. The van der Waals surface area contributed by atoms with Crippen LogP contribution in [0.5, 0.6) is 5.75 Å². The molecule has 0 bridgehead atoms. The number of carbonyl (C=O) groups is 1. The molecular formula is C16H12F2N2O2. The van der Waals surface area contributed by atoms with Crippen LogP contribution in [0.4, 0.5) is 8.78 Å². The van der Waals surface area contributed by atoms with Crippen molar-refractivity contribution in [2.24, 2.45) is 0 Å². The number of para-hydroxylation sites is 2. The maximum absolute atomic E-state index is 13.2. The molecule has 0 aliphatic heterocycles. The van der Waals surface area contributed by atoms with E-state index in [1.807, 2.05) is 0 Å². The summed E-state index contributed by atoms with van der Waals surface area (Å²) in [5, 5.41) is 0. The van der Waals surface area contributed by atoms with Gasteiger partial charge in [-0.2, -0.15) is 8.78 Å². The van der Waals surface area contributed by atoms with Crippen molar-refractivity contribution in [3.63, 3.8) is 0 Å². The van der Waals surface area contributed by atoms with Crippen LogP contribution in [0.1, 0.15) is 22.7 Å². The molecule has 0 saturated heterocycles. The SMILES string of the molecule is O=Cc1ccc(OCc2nc3ccccc3n2C(F)F)cc1. The zero-order valence-electron chi connectivity index (χ0n) is 11.4. The molecule has 4 nitrogen and oxygen atoms in total. The topological polar surface area (TPSA) is 44.1 Å². The van der Waals surface area contributed by atoms with Gasteiger partial charge in [0.1, 0.15) is 18.6 Å². The van der Waals surface area contributed by atoms with Crippen LogP contribution in [-0.2, 0) is 6.61 Å². The van der Waals surface area contributed by atoms with Crippen LogP contribution < -0.4 is 4.74 Å². The van der Waals surface area contributed by atoms with E-state index >= 15 is 0 Å². The highest BCUT2D eigenvalue weighted by Crippen LogP contribution is 2.24. The molecule has 0 atom stereocenters. The molecule has 6 heteroatoms. The lowest BCUT2D eigenvalue weighted by atomic mass is 10.2. The minimum absolute atomic E-state index is 0.0839. The Kier molecular flexibility index (Phi) is 3.82. The Hall–Kier alpha value is -2.76. The van der Waals surface area contributed by atoms with Gasteiger partial charge in [0.15, 0.2) is 5.82 Å². The third kappa shape index (κ3) is 2.67. The van der Waals surface area contributed by atoms with E-state index in [2.05, 4.69) is 4.98 Å². The normalized spacial score (nSPS) is 11.0. The first-order chi connectivity index (χ1) is 10.7. The summed E-state index contributed by atoms with van der Waals surface area (Å²) in [6.45, 7) is -2.78. The number of hydrogen-bond donors (Lipinski definition) is 0. The van der Waals surface area contributed by atoms with Crippen LogP contribution in [0.3, 0.4) is 0 Å². The van der Waals surface area contributed by atoms with Crippen LogP contribution in [0.15, 0.2) is 48.5 Å². The first-order valence-corrected chi connectivity index (χ1v) is 6.61. The molecule has 2 aromatic carbocycles. The zero-order valence-corrected chi connectivity index (χ0v) is 11.4. The van der Waals surface area contributed by atoms with Crippen molar-refractivity contribution in [2.75, 3.05) is 0 Å². The Morgan fingerprint density at radius 3 is 2.55 bits per heavy atom. The number of halogens is 2. The molecule has 22 heavy (non-hydrogen) atoms. The van der Waals surface area contributed by atoms with Crippen molar-refractivity contribution >= 4 is 17.3 Å². The molecule has 0 amide bonds. The third-order valence-corrected chi connectivity index (χ3v) is 3.25. The number of aromatic nitrogens is 2. The molecule has 3 aromatic rings. The van der Waals surface area contributed by atoms with Gasteiger partial charge in [-0.1, -0.05) is 12.1 Å². The molecule has 0 fully saturated rings. The van der Waals surface area contributed by atoms with Crippen LogP contribution in [0, 0.1) is 0 Å². The zero-order chi connectivity index (χ0) is 15.5. The monoisotopic (exact) mass is 302 g/mol. The van der Waals surface area contributed by atoms with E-state index in [-0.39, 0.29) is 12.4 Å². The molecule has 0 spiro atoms. The Morgan fingerprint density at radius 1 is 1.14 bits per heavy atom. The van der Waals surface area contributed by atoms with E-state index < -0.39 is 6.55 Å². The van der Waals surface area contributed by atoms with Gasteiger partial charge < -0.3 is 4.74 Å². The van der Waals surface area contributed by atoms with Crippen molar-refractivity contribution < 1.29 is 18.3 Å². The molecule has 0 unspecified atom stereocenters. The lowest BCUT2D eigenvalue weighted by Gasteiger charge is -2.09. The van der Waals surface area contributed by atoms with E-state index in [1.54, 1.807) is 48.5 Å². The van der Waals surface area contributed by atoms with E-state index in [4.69, 9.17) is 4.74 Å². The molecule has 112 valence electrons.